The maximum absolute atomic E-state index is 5.22. The molecule has 8 aromatic carbocycles. The van der Waals surface area contributed by atoms with E-state index in [4.69, 9.17) is 9.97 Å². The van der Waals surface area contributed by atoms with Crippen molar-refractivity contribution in [1.82, 2.24) is 19.1 Å². The molecule has 3 aromatic heterocycles. The second-order valence-corrected chi connectivity index (χ2v) is 13.8. The average Bonchev–Trinajstić information content (AvgIpc) is 3.77. The Kier molecular flexibility index (Phi) is 6.82. The van der Waals surface area contributed by atoms with Gasteiger partial charge in [0.1, 0.15) is 0 Å². The highest BCUT2D eigenvalue weighted by Crippen LogP contribution is 2.42. The number of nitrogens with zero attached hydrogens (tertiary/aromatic N) is 4. The fourth-order valence-corrected chi connectivity index (χ4v) is 8.27. The molecule has 0 aliphatic heterocycles. The molecule has 0 aliphatic carbocycles. The molecular weight excluding hydrogens is 657 g/mol. The Morgan fingerprint density at radius 3 is 1.63 bits per heavy atom. The topological polar surface area (TPSA) is 35.6 Å². The van der Waals surface area contributed by atoms with Gasteiger partial charge in [-0.25, -0.2) is 9.97 Å². The first kappa shape index (κ1) is 30.3. The van der Waals surface area contributed by atoms with Crippen molar-refractivity contribution in [2.24, 2.45) is 0 Å². The number of para-hydroxylation sites is 4. The number of benzene rings is 8. The molecule has 252 valence electrons. The Hall–Kier alpha value is -7.30. The molecule has 0 spiro atoms. The Labute approximate surface area is 311 Å². The van der Waals surface area contributed by atoms with Gasteiger partial charge in [-0.3, -0.25) is 0 Å². The van der Waals surface area contributed by atoms with E-state index in [2.05, 4.69) is 191 Å². The predicted octanol–water partition coefficient (Wildman–Crippen LogP) is 12.8. The summed E-state index contributed by atoms with van der Waals surface area (Å²) in [6.07, 6.45) is 0. The standard InChI is InChI=1S/C50H32N4/c1-3-13-33(14-4-1)34-23-25-36(26-24-34)50-51-43-20-10-7-18-41(43)48(52-50)35-27-29-38(30-28-35)54-44-21-11-8-17-39(44)40-31-32-46-47(49(40)54)42-19-9-12-22-45(42)53(46)37-15-5-2-6-16-37/h1-32H. The minimum absolute atomic E-state index is 0.715. The maximum Gasteiger partial charge on any atom is 0.160 e. The lowest BCUT2D eigenvalue weighted by molar-refractivity contribution is 1.17. The molecule has 0 saturated carbocycles. The van der Waals surface area contributed by atoms with Crippen molar-refractivity contribution in [3.05, 3.63) is 194 Å². The summed E-state index contributed by atoms with van der Waals surface area (Å²) < 4.78 is 4.83. The highest BCUT2D eigenvalue weighted by atomic mass is 15.0. The van der Waals surface area contributed by atoms with Gasteiger partial charge in [0.25, 0.3) is 0 Å². The molecule has 0 unspecified atom stereocenters. The zero-order valence-corrected chi connectivity index (χ0v) is 29.3. The zero-order chi connectivity index (χ0) is 35.6. The largest absolute Gasteiger partial charge is 0.309 e. The molecule has 4 nitrogen and oxygen atoms in total. The molecule has 4 heteroatoms. The molecule has 54 heavy (non-hydrogen) atoms. The molecule has 0 saturated heterocycles. The second-order valence-electron chi connectivity index (χ2n) is 13.8. The van der Waals surface area contributed by atoms with Crippen LogP contribution in [-0.2, 0) is 0 Å². The predicted molar refractivity (Wildman–Crippen MR) is 225 cm³/mol. The first-order valence-corrected chi connectivity index (χ1v) is 18.3. The van der Waals surface area contributed by atoms with Crippen LogP contribution in [0.4, 0.5) is 0 Å². The summed E-state index contributed by atoms with van der Waals surface area (Å²) in [4.78, 5) is 10.2. The van der Waals surface area contributed by atoms with Crippen LogP contribution in [0.25, 0.3) is 99.7 Å². The van der Waals surface area contributed by atoms with Gasteiger partial charge in [-0.15, -0.1) is 0 Å². The Morgan fingerprint density at radius 2 is 0.870 bits per heavy atom. The van der Waals surface area contributed by atoms with Crippen molar-refractivity contribution in [3.8, 4) is 45.1 Å². The minimum atomic E-state index is 0.715. The Morgan fingerprint density at radius 1 is 0.315 bits per heavy atom. The highest BCUT2D eigenvalue weighted by molar-refractivity contribution is 6.26. The van der Waals surface area contributed by atoms with Gasteiger partial charge >= 0.3 is 0 Å². The quantitative estimate of drug-likeness (QED) is 0.180. The summed E-state index contributed by atoms with van der Waals surface area (Å²) in [5.41, 5.74) is 13.3. The van der Waals surface area contributed by atoms with E-state index in [9.17, 15) is 0 Å². The van der Waals surface area contributed by atoms with Gasteiger partial charge < -0.3 is 9.13 Å². The number of fused-ring (bicyclic) bond motifs is 8. The van der Waals surface area contributed by atoms with E-state index in [1.807, 2.05) is 12.1 Å². The van der Waals surface area contributed by atoms with Gasteiger partial charge in [0.05, 0.1) is 33.3 Å². The third-order valence-corrected chi connectivity index (χ3v) is 10.7. The lowest BCUT2D eigenvalue weighted by Crippen LogP contribution is -1.97. The highest BCUT2D eigenvalue weighted by Gasteiger charge is 2.21. The molecule has 0 N–H and O–H groups in total. The van der Waals surface area contributed by atoms with Crippen molar-refractivity contribution in [2.45, 2.75) is 0 Å². The van der Waals surface area contributed by atoms with Crippen LogP contribution in [0.2, 0.25) is 0 Å². The van der Waals surface area contributed by atoms with E-state index in [1.165, 1.54) is 54.7 Å². The summed E-state index contributed by atoms with van der Waals surface area (Å²) in [6.45, 7) is 0. The molecule has 3 heterocycles. The van der Waals surface area contributed by atoms with Crippen LogP contribution in [0, 0.1) is 0 Å². The Balaban J connectivity index is 1.09. The summed E-state index contributed by atoms with van der Waals surface area (Å²) in [5, 5.41) is 5.99. The van der Waals surface area contributed by atoms with Gasteiger partial charge in [-0.1, -0.05) is 146 Å². The van der Waals surface area contributed by atoms with Crippen LogP contribution in [0.1, 0.15) is 0 Å². The smallest absolute Gasteiger partial charge is 0.160 e. The minimum Gasteiger partial charge on any atom is -0.309 e. The zero-order valence-electron chi connectivity index (χ0n) is 29.3. The van der Waals surface area contributed by atoms with Crippen LogP contribution >= 0.6 is 0 Å². The van der Waals surface area contributed by atoms with Gasteiger partial charge in [-0.2, -0.15) is 0 Å². The molecule has 11 aromatic rings. The van der Waals surface area contributed by atoms with Crippen LogP contribution in [0.5, 0.6) is 0 Å². The fraction of sp³-hybridized carbons (Fsp3) is 0. The third-order valence-electron chi connectivity index (χ3n) is 10.7. The molecule has 0 bridgehead atoms. The van der Waals surface area contributed by atoms with Crippen LogP contribution in [0.15, 0.2) is 194 Å². The van der Waals surface area contributed by atoms with E-state index in [0.29, 0.717) is 5.82 Å². The monoisotopic (exact) mass is 688 g/mol. The lowest BCUT2D eigenvalue weighted by atomic mass is 10.0. The second kappa shape index (κ2) is 12.1. The SMILES string of the molecule is c1ccc(-c2ccc(-c3nc(-c4ccc(-n5c6ccccc6c6ccc7c(c8ccccc8n7-c7ccccc7)c65)cc4)c4ccccc4n3)cc2)cc1. The average molecular weight is 689 g/mol. The van der Waals surface area contributed by atoms with Crippen molar-refractivity contribution in [1.29, 1.82) is 0 Å². The van der Waals surface area contributed by atoms with E-state index in [-0.39, 0.29) is 0 Å². The molecule has 0 atom stereocenters. The van der Waals surface area contributed by atoms with E-state index in [0.717, 1.165) is 39.1 Å². The number of aromatic nitrogens is 4. The summed E-state index contributed by atoms with van der Waals surface area (Å²) >= 11 is 0. The third kappa shape index (κ3) is 4.70. The van der Waals surface area contributed by atoms with Crippen LogP contribution < -0.4 is 0 Å². The van der Waals surface area contributed by atoms with Crippen molar-refractivity contribution in [3.63, 3.8) is 0 Å². The maximum atomic E-state index is 5.22. The number of hydrogen-bond donors (Lipinski definition) is 0. The van der Waals surface area contributed by atoms with Gasteiger partial charge in [0, 0.05) is 49.4 Å². The molecule has 0 amide bonds. The van der Waals surface area contributed by atoms with Gasteiger partial charge in [0.15, 0.2) is 5.82 Å². The molecule has 0 radical (unpaired) electrons. The number of hydrogen-bond acceptors (Lipinski definition) is 2. The fourth-order valence-electron chi connectivity index (χ4n) is 8.27. The molecule has 0 fully saturated rings. The van der Waals surface area contributed by atoms with E-state index >= 15 is 0 Å². The summed E-state index contributed by atoms with van der Waals surface area (Å²) in [7, 11) is 0. The summed E-state index contributed by atoms with van der Waals surface area (Å²) in [6, 6.07) is 69.0. The van der Waals surface area contributed by atoms with Crippen LogP contribution in [-0.4, -0.2) is 19.1 Å². The summed E-state index contributed by atoms with van der Waals surface area (Å²) in [5.74, 6) is 0.715. The lowest BCUT2D eigenvalue weighted by Gasteiger charge is -2.12. The van der Waals surface area contributed by atoms with Crippen molar-refractivity contribution < 1.29 is 0 Å². The normalized spacial score (nSPS) is 11.7. The van der Waals surface area contributed by atoms with Gasteiger partial charge in [-0.05, 0) is 59.7 Å². The first-order chi connectivity index (χ1) is 26.8. The Bertz CT molecular complexity index is 3170. The molecule has 0 aliphatic rings. The van der Waals surface area contributed by atoms with E-state index in [1.54, 1.807) is 0 Å². The van der Waals surface area contributed by atoms with E-state index < -0.39 is 0 Å². The van der Waals surface area contributed by atoms with Gasteiger partial charge in [0.2, 0.25) is 0 Å². The molecule has 11 rings (SSSR count). The van der Waals surface area contributed by atoms with Crippen LogP contribution in [0.3, 0.4) is 0 Å². The molecular formula is C50H32N4. The van der Waals surface area contributed by atoms with Crippen molar-refractivity contribution in [2.75, 3.05) is 0 Å². The van der Waals surface area contributed by atoms with Crippen molar-refractivity contribution >= 4 is 54.5 Å². The number of rotatable bonds is 5. The first-order valence-electron chi connectivity index (χ1n) is 18.3.